The minimum atomic E-state index is -0.329. The average molecular weight is 234 g/mol. The van der Waals surface area contributed by atoms with Gasteiger partial charge in [-0.3, -0.25) is 4.79 Å². The molecule has 88 valence electrons. The van der Waals surface area contributed by atoms with Gasteiger partial charge in [-0.25, -0.2) is 4.39 Å². The van der Waals surface area contributed by atoms with E-state index in [1.165, 1.54) is 18.3 Å². The van der Waals surface area contributed by atoms with Gasteiger partial charge in [0.05, 0.1) is 6.20 Å². The molecular formula is C12H11FN2O2. The van der Waals surface area contributed by atoms with E-state index in [1.54, 1.807) is 19.1 Å². The molecule has 0 bridgehead atoms. The van der Waals surface area contributed by atoms with Crippen molar-refractivity contribution in [3.63, 3.8) is 0 Å². The van der Waals surface area contributed by atoms with Crippen molar-refractivity contribution >= 4 is 5.91 Å². The summed E-state index contributed by atoms with van der Waals surface area (Å²) in [5.41, 5.74) is 1.50. The Kier molecular flexibility index (Phi) is 3.18. The van der Waals surface area contributed by atoms with E-state index in [0.29, 0.717) is 12.1 Å². The molecule has 17 heavy (non-hydrogen) atoms. The molecule has 2 aromatic rings. The van der Waals surface area contributed by atoms with Crippen molar-refractivity contribution < 1.29 is 13.7 Å². The van der Waals surface area contributed by atoms with Crippen LogP contribution in [0.15, 0.2) is 35.0 Å². The Bertz CT molecular complexity index is 520. The highest BCUT2D eigenvalue weighted by molar-refractivity contribution is 5.92. The lowest BCUT2D eigenvalue weighted by Gasteiger charge is -2.03. The van der Waals surface area contributed by atoms with Crippen LogP contribution in [0.5, 0.6) is 0 Å². The molecule has 1 heterocycles. The molecule has 5 heteroatoms. The largest absolute Gasteiger partial charge is 0.351 e. The minimum Gasteiger partial charge on any atom is -0.351 e. The summed E-state index contributed by atoms with van der Waals surface area (Å²) in [6.45, 7) is 2.06. The molecule has 1 aromatic heterocycles. The number of hydrogen-bond acceptors (Lipinski definition) is 3. The second kappa shape index (κ2) is 4.78. The molecule has 1 N–H and O–H groups in total. The molecule has 0 saturated heterocycles. The molecule has 2 rings (SSSR count). The maximum atomic E-state index is 12.7. The Morgan fingerprint density at radius 2 is 2.12 bits per heavy atom. The molecule has 0 saturated carbocycles. The quantitative estimate of drug-likeness (QED) is 0.884. The molecule has 0 fully saturated rings. The van der Waals surface area contributed by atoms with Crippen molar-refractivity contribution in [1.29, 1.82) is 0 Å². The number of carbonyl (C=O) groups is 1. The second-order valence-corrected chi connectivity index (χ2v) is 3.65. The van der Waals surface area contributed by atoms with Crippen LogP contribution in [0.1, 0.15) is 21.7 Å². The molecule has 0 spiro atoms. The van der Waals surface area contributed by atoms with Gasteiger partial charge in [0.25, 0.3) is 5.91 Å². The van der Waals surface area contributed by atoms with E-state index in [-0.39, 0.29) is 17.5 Å². The molecule has 0 unspecified atom stereocenters. The number of benzene rings is 1. The normalized spacial score (nSPS) is 10.2. The van der Waals surface area contributed by atoms with E-state index in [4.69, 9.17) is 4.52 Å². The standard InChI is InChI=1S/C12H11FN2O2/c1-8-6-15-17-11(8)12(16)14-7-9-2-4-10(13)5-3-9/h2-6H,7H2,1H3,(H,14,16). The van der Waals surface area contributed by atoms with Crippen molar-refractivity contribution in [1.82, 2.24) is 10.5 Å². The lowest BCUT2D eigenvalue weighted by atomic mass is 10.2. The predicted octanol–water partition coefficient (Wildman–Crippen LogP) is 2.05. The first kappa shape index (κ1) is 11.3. The van der Waals surface area contributed by atoms with E-state index in [9.17, 15) is 9.18 Å². The van der Waals surface area contributed by atoms with E-state index in [0.717, 1.165) is 5.56 Å². The minimum absolute atomic E-state index is 0.201. The van der Waals surface area contributed by atoms with Gasteiger partial charge in [0.15, 0.2) is 0 Å². The highest BCUT2D eigenvalue weighted by Gasteiger charge is 2.13. The van der Waals surface area contributed by atoms with Gasteiger partial charge in [-0.1, -0.05) is 17.3 Å². The van der Waals surface area contributed by atoms with Gasteiger partial charge < -0.3 is 9.84 Å². The molecule has 0 aliphatic rings. The van der Waals surface area contributed by atoms with Gasteiger partial charge in [0, 0.05) is 12.1 Å². The van der Waals surface area contributed by atoms with Crippen molar-refractivity contribution in [2.24, 2.45) is 0 Å². The summed E-state index contributed by atoms with van der Waals surface area (Å²) in [6, 6.07) is 5.92. The SMILES string of the molecule is Cc1cnoc1C(=O)NCc1ccc(F)cc1. The molecule has 4 nitrogen and oxygen atoms in total. The zero-order valence-electron chi connectivity index (χ0n) is 9.24. The fourth-order valence-electron chi connectivity index (χ4n) is 1.37. The lowest BCUT2D eigenvalue weighted by molar-refractivity contribution is 0.0913. The molecule has 1 aromatic carbocycles. The van der Waals surface area contributed by atoms with Crippen LogP contribution in [-0.4, -0.2) is 11.1 Å². The first-order valence-electron chi connectivity index (χ1n) is 5.11. The van der Waals surface area contributed by atoms with E-state index in [2.05, 4.69) is 10.5 Å². The Hall–Kier alpha value is -2.17. The maximum absolute atomic E-state index is 12.7. The van der Waals surface area contributed by atoms with Crippen LogP contribution in [-0.2, 0) is 6.54 Å². The third kappa shape index (κ3) is 2.69. The monoisotopic (exact) mass is 234 g/mol. The maximum Gasteiger partial charge on any atom is 0.290 e. The average Bonchev–Trinajstić information content (AvgIpc) is 2.74. The van der Waals surface area contributed by atoms with Gasteiger partial charge in [0.1, 0.15) is 5.82 Å². The van der Waals surface area contributed by atoms with Crippen LogP contribution in [0.3, 0.4) is 0 Å². The number of carbonyl (C=O) groups excluding carboxylic acids is 1. The predicted molar refractivity (Wildman–Crippen MR) is 58.8 cm³/mol. The third-order valence-electron chi connectivity index (χ3n) is 2.32. The second-order valence-electron chi connectivity index (χ2n) is 3.65. The highest BCUT2D eigenvalue weighted by Crippen LogP contribution is 2.06. The Labute approximate surface area is 97.4 Å². The molecule has 0 radical (unpaired) electrons. The first-order chi connectivity index (χ1) is 8.16. The van der Waals surface area contributed by atoms with Crippen LogP contribution >= 0.6 is 0 Å². The van der Waals surface area contributed by atoms with E-state index >= 15 is 0 Å². The summed E-state index contributed by atoms with van der Waals surface area (Å²) in [7, 11) is 0. The van der Waals surface area contributed by atoms with Gasteiger partial charge in [-0.2, -0.15) is 0 Å². The van der Waals surface area contributed by atoms with Gasteiger partial charge >= 0.3 is 0 Å². The lowest BCUT2D eigenvalue weighted by Crippen LogP contribution is -2.22. The Morgan fingerprint density at radius 3 is 2.71 bits per heavy atom. The van der Waals surface area contributed by atoms with Gasteiger partial charge in [0.2, 0.25) is 5.76 Å². The van der Waals surface area contributed by atoms with E-state index in [1.807, 2.05) is 0 Å². The highest BCUT2D eigenvalue weighted by atomic mass is 19.1. The van der Waals surface area contributed by atoms with Crippen LogP contribution in [0, 0.1) is 12.7 Å². The van der Waals surface area contributed by atoms with Crippen LogP contribution in [0.25, 0.3) is 0 Å². The number of nitrogens with zero attached hydrogens (tertiary/aromatic N) is 1. The summed E-state index contributed by atoms with van der Waals surface area (Å²) < 4.78 is 17.5. The summed E-state index contributed by atoms with van der Waals surface area (Å²) in [5.74, 6) is -0.428. The molecular weight excluding hydrogens is 223 g/mol. The summed E-state index contributed by atoms with van der Waals surface area (Å²) in [5, 5.41) is 6.19. The summed E-state index contributed by atoms with van der Waals surface area (Å²) >= 11 is 0. The fourth-order valence-corrected chi connectivity index (χ4v) is 1.37. The molecule has 1 amide bonds. The molecule has 0 atom stereocenters. The smallest absolute Gasteiger partial charge is 0.290 e. The van der Waals surface area contributed by atoms with Crippen molar-refractivity contribution in [2.45, 2.75) is 13.5 Å². The van der Waals surface area contributed by atoms with Crippen molar-refractivity contribution in [2.75, 3.05) is 0 Å². The number of rotatable bonds is 3. The summed E-state index contributed by atoms with van der Waals surface area (Å²) in [4.78, 5) is 11.6. The van der Waals surface area contributed by atoms with Gasteiger partial charge in [-0.15, -0.1) is 0 Å². The van der Waals surface area contributed by atoms with Crippen LogP contribution < -0.4 is 5.32 Å². The molecule has 0 aliphatic heterocycles. The van der Waals surface area contributed by atoms with Crippen molar-refractivity contribution in [3.8, 4) is 0 Å². The number of aromatic nitrogens is 1. The Balaban J connectivity index is 1.97. The number of halogens is 1. The van der Waals surface area contributed by atoms with Crippen LogP contribution in [0.2, 0.25) is 0 Å². The Morgan fingerprint density at radius 1 is 1.41 bits per heavy atom. The zero-order chi connectivity index (χ0) is 12.3. The first-order valence-corrected chi connectivity index (χ1v) is 5.11. The third-order valence-corrected chi connectivity index (χ3v) is 2.32. The number of nitrogens with one attached hydrogen (secondary N) is 1. The van der Waals surface area contributed by atoms with Crippen molar-refractivity contribution in [3.05, 3.63) is 53.2 Å². The zero-order valence-corrected chi connectivity index (χ0v) is 9.24. The van der Waals surface area contributed by atoms with Gasteiger partial charge in [-0.05, 0) is 24.6 Å². The van der Waals surface area contributed by atoms with Crippen LogP contribution in [0.4, 0.5) is 4.39 Å². The summed E-state index contributed by atoms with van der Waals surface area (Å²) in [6.07, 6.45) is 1.48. The molecule has 0 aliphatic carbocycles. The number of aryl methyl sites for hydroxylation is 1. The fraction of sp³-hybridized carbons (Fsp3) is 0.167. The number of hydrogen-bond donors (Lipinski definition) is 1. The number of amides is 1. The topological polar surface area (TPSA) is 55.1 Å². The van der Waals surface area contributed by atoms with E-state index < -0.39 is 0 Å².